The van der Waals surface area contributed by atoms with E-state index in [1.165, 1.54) is 5.56 Å². The van der Waals surface area contributed by atoms with Crippen LogP contribution < -0.4 is 4.57 Å². The second-order valence-corrected chi connectivity index (χ2v) is 7.84. The van der Waals surface area contributed by atoms with Crippen molar-refractivity contribution in [3.8, 4) is 0 Å². The summed E-state index contributed by atoms with van der Waals surface area (Å²) >= 11 is 0. The summed E-state index contributed by atoms with van der Waals surface area (Å²) in [6.45, 7) is 8.69. The molecule has 0 amide bonds. The van der Waals surface area contributed by atoms with Crippen LogP contribution >= 0.6 is 0 Å². The Morgan fingerprint density at radius 1 is 1.29 bits per heavy atom. The predicted molar refractivity (Wildman–Crippen MR) is 79.0 cm³/mol. The van der Waals surface area contributed by atoms with Crippen LogP contribution in [-0.4, -0.2) is 18.7 Å². The highest BCUT2D eigenvalue weighted by Gasteiger charge is 2.22. The minimum absolute atomic E-state index is 0.0234. The molecular formula is C15H21NO4S. The maximum atomic E-state index is 10.7. The highest BCUT2D eigenvalue weighted by molar-refractivity contribution is 7.85. The molecule has 0 bridgehead atoms. The largest absolute Gasteiger partial charge is 0.748 e. The number of aryl methyl sites for hydroxylation is 2. The molecule has 0 spiro atoms. The quantitative estimate of drug-likeness (QED) is 0.641. The van der Waals surface area contributed by atoms with Crippen LogP contribution in [0.3, 0.4) is 0 Å². The molecular weight excluding hydrogens is 290 g/mol. The van der Waals surface area contributed by atoms with E-state index in [1.54, 1.807) is 0 Å². The van der Waals surface area contributed by atoms with Gasteiger partial charge in [0.2, 0.25) is 5.58 Å². The van der Waals surface area contributed by atoms with Gasteiger partial charge in [-0.05, 0) is 17.0 Å². The third kappa shape index (κ3) is 3.83. The van der Waals surface area contributed by atoms with Crippen LogP contribution in [0, 0.1) is 6.92 Å². The second kappa shape index (κ2) is 5.42. The average molecular weight is 311 g/mol. The standard InChI is InChI=1S/C15H21NO4S/c1-11-16(8-5-9-21(17,18)19)13-10-12(15(2,3)4)6-7-14(13)20-11/h6-7,10H,5,8-9H2,1-4H3. The van der Waals surface area contributed by atoms with Crippen LogP contribution in [0.4, 0.5) is 0 Å². The highest BCUT2D eigenvalue weighted by Crippen LogP contribution is 2.25. The fraction of sp³-hybridized carbons (Fsp3) is 0.533. The lowest BCUT2D eigenvalue weighted by Gasteiger charge is -2.17. The fourth-order valence-corrected chi connectivity index (χ4v) is 2.82. The molecule has 116 valence electrons. The first kappa shape index (κ1) is 16.0. The lowest BCUT2D eigenvalue weighted by molar-refractivity contribution is -0.682. The summed E-state index contributed by atoms with van der Waals surface area (Å²) in [5.41, 5.74) is 2.91. The summed E-state index contributed by atoms with van der Waals surface area (Å²) in [6, 6.07) is 6.04. The van der Waals surface area contributed by atoms with Crippen molar-refractivity contribution in [3.05, 3.63) is 29.7 Å². The van der Waals surface area contributed by atoms with Crippen molar-refractivity contribution in [2.45, 2.75) is 46.1 Å². The zero-order chi connectivity index (χ0) is 15.8. The van der Waals surface area contributed by atoms with Crippen LogP contribution in [0.1, 0.15) is 38.6 Å². The van der Waals surface area contributed by atoms with E-state index in [4.69, 9.17) is 4.42 Å². The van der Waals surface area contributed by atoms with E-state index in [-0.39, 0.29) is 17.6 Å². The first-order chi connectivity index (χ1) is 9.58. The summed E-state index contributed by atoms with van der Waals surface area (Å²) in [5.74, 6) is 0.352. The van der Waals surface area contributed by atoms with Gasteiger partial charge >= 0.3 is 5.89 Å². The average Bonchev–Trinajstić information content (AvgIpc) is 2.62. The van der Waals surface area contributed by atoms with Crippen molar-refractivity contribution in [1.82, 2.24) is 0 Å². The number of fused-ring (bicyclic) bond motifs is 1. The Balaban J connectivity index is 2.36. The Bertz CT molecular complexity index is 754. The van der Waals surface area contributed by atoms with Crippen molar-refractivity contribution in [3.63, 3.8) is 0 Å². The van der Waals surface area contributed by atoms with Gasteiger partial charge in [0.1, 0.15) is 0 Å². The van der Waals surface area contributed by atoms with Crippen LogP contribution in [0.25, 0.3) is 11.1 Å². The molecule has 0 saturated carbocycles. The van der Waals surface area contributed by atoms with E-state index < -0.39 is 10.1 Å². The molecule has 0 aliphatic carbocycles. The van der Waals surface area contributed by atoms with Gasteiger partial charge in [-0.15, -0.1) is 0 Å². The van der Waals surface area contributed by atoms with Crippen LogP contribution in [0.2, 0.25) is 0 Å². The Kier molecular flexibility index (Phi) is 4.13. The van der Waals surface area contributed by atoms with Crippen molar-refractivity contribution in [1.29, 1.82) is 0 Å². The van der Waals surface area contributed by atoms with Gasteiger partial charge < -0.3 is 8.97 Å². The summed E-state index contributed by atoms with van der Waals surface area (Å²) in [4.78, 5) is 0. The zero-order valence-corrected chi connectivity index (χ0v) is 13.7. The number of nitrogens with zero attached hydrogens (tertiary/aromatic N) is 1. The lowest BCUT2D eigenvalue weighted by atomic mass is 9.87. The summed E-state index contributed by atoms with van der Waals surface area (Å²) in [7, 11) is -4.17. The molecule has 0 unspecified atom stereocenters. The molecule has 0 saturated heterocycles. The minimum atomic E-state index is -4.17. The zero-order valence-electron chi connectivity index (χ0n) is 12.8. The Morgan fingerprint density at radius 3 is 2.52 bits per heavy atom. The van der Waals surface area contributed by atoms with Crippen molar-refractivity contribution >= 4 is 21.2 Å². The molecule has 6 heteroatoms. The molecule has 1 heterocycles. The van der Waals surface area contributed by atoms with Gasteiger partial charge in [-0.1, -0.05) is 26.8 Å². The van der Waals surface area contributed by atoms with Crippen molar-refractivity contribution in [2.24, 2.45) is 0 Å². The van der Waals surface area contributed by atoms with Crippen molar-refractivity contribution < 1.29 is 22.0 Å². The molecule has 1 aromatic heterocycles. The molecule has 21 heavy (non-hydrogen) atoms. The van der Waals surface area contributed by atoms with Gasteiger partial charge in [-0.2, -0.15) is 4.57 Å². The highest BCUT2D eigenvalue weighted by atomic mass is 32.2. The van der Waals surface area contributed by atoms with Gasteiger partial charge in [-0.3, -0.25) is 0 Å². The molecule has 0 atom stereocenters. The van der Waals surface area contributed by atoms with E-state index in [9.17, 15) is 13.0 Å². The maximum Gasteiger partial charge on any atom is 0.344 e. The van der Waals surface area contributed by atoms with Gasteiger partial charge in [0.05, 0.1) is 17.0 Å². The maximum absolute atomic E-state index is 10.7. The summed E-state index contributed by atoms with van der Waals surface area (Å²) < 4.78 is 39.7. The topological polar surface area (TPSA) is 74.2 Å². The van der Waals surface area contributed by atoms with E-state index in [2.05, 4.69) is 26.8 Å². The first-order valence-electron chi connectivity index (χ1n) is 6.95. The number of oxazole rings is 1. The molecule has 0 aliphatic heterocycles. The summed E-state index contributed by atoms with van der Waals surface area (Å²) in [5, 5.41) is 0. The second-order valence-electron chi connectivity index (χ2n) is 6.32. The molecule has 5 nitrogen and oxygen atoms in total. The number of aromatic nitrogens is 1. The number of hydrogen-bond acceptors (Lipinski definition) is 4. The Hall–Kier alpha value is -1.40. The molecule has 2 rings (SSSR count). The smallest absolute Gasteiger partial charge is 0.344 e. The predicted octanol–water partition coefficient (Wildman–Crippen LogP) is 2.26. The fourth-order valence-electron chi connectivity index (χ4n) is 2.34. The third-order valence-corrected chi connectivity index (χ3v) is 4.32. The number of rotatable bonds is 4. The molecule has 0 aliphatic rings. The van der Waals surface area contributed by atoms with E-state index in [1.807, 2.05) is 23.6 Å². The molecule has 0 radical (unpaired) electrons. The molecule has 2 aromatic rings. The van der Waals surface area contributed by atoms with Crippen molar-refractivity contribution in [2.75, 3.05) is 5.75 Å². The van der Waals surface area contributed by atoms with E-state index >= 15 is 0 Å². The van der Waals surface area contributed by atoms with Gasteiger partial charge in [0.25, 0.3) is 5.52 Å². The first-order valence-corrected chi connectivity index (χ1v) is 8.53. The Labute approximate surface area is 125 Å². The normalized spacial score (nSPS) is 13.0. The van der Waals surface area contributed by atoms with Gasteiger partial charge in [0, 0.05) is 18.2 Å². The third-order valence-electron chi connectivity index (χ3n) is 3.53. The Morgan fingerprint density at radius 2 is 1.95 bits per heavy atom. The SMILES string of the molecule is Cc1oc2ccc(C(C)(C)C)cc2[n+]1CCCS(=O)(=O)[O-]. The molecule has 0 fully saturated rings. The van der Waals surface area contributed by atoms with Gasteiger partial charge in [-0.25, -0.2) is 8.42 Å². The monoisotopic (exact) mass is 311 g/mol. The number of benzene rings is 1. The molecule has 0 N–H and O–H groups in total. The van der Waals surface area contributed by atoms with E-state index in [0.29, 0.717) is 12.4 Å². The van der Waals surface area contributed by atoms with Crippen LogP contribution in [0.5, 0.6) is 0 Å². The summed E-state index contributed by atoms with van der Waals surface area (Å²) in [6.07, 6.45) is 0.283. The minimum Gasteiger partial charge on any atom is -0.748 e. The number of hydrogen-bond donors (Lipinski definition) is 0. The van der Waals surface area contributed by atoms with Crippen LogP contribution in [-0.2, 0) is 22.1 Å². The molecule has 1 aromatic carbocycles. The van der Waals surface area contributed by atoms with E-state index in [0.717, 1.165) is 11.1 Å². The van der Waals surface area contributed by atoms with Gasteiger partial charge in [0.15, 0.2) is 6.54 Å². The lowest BCUT2D eigenvalue weighted by Crippen LogP contribution is -2.36. The van der Waals surface area contributed by atoms with Crippen LogP contribution in [0.15, 0.2) is 22.6 Å².